The highest BCUT2D eigenvalue weighted by molar-refractivity contribution is 5.91. The number of nitrogens with one attached hydrogen (secondary N) is 1. The molecule has 28 heavy (non-hydrogen) atoms. The molecule has 0 aromatic heterocycles. The Morgan fingerprint density at radius 1 is 0.750 bits per heavy atom. The monoisotopic (exact) mass is 370 g/mol. The maximum Gasteiger partial charge on any atom is 0.248 e. The molecule has 1 saturated heterocycles. The molecule has 3 aromatic rings. The van der Waals surface area contributed by atoms with E-state index in [1.807, 2.05) is 91.0 Å². The Morgan fingerprint density at radius 2 is 1.21 bits per heavy atom. The lowest BCUT2D eigenvalue weighted by Crippen LogP contribution is -2.51. The van der Waals surface area contributed by atoms with Crippen molar-refractivity contribution in [2.75, 3.05) is 6.54 Å². The topological polar surface area (TPSA) is 49.4 Å². The number of rotatable bonds is 6. The van der Waals surface area contributed by atoms with Crippen LogP contribution in [0.1, 0.15) is 35.2 Å². The van der Waals surface area contributed by atoms with Gasteiger partial charge in [-0.25, -0.2) is 0 Å². The summed E-state index contributed by atoms with van der Waals surface area (Å²) in [5.74, 6) is -0.156. The minimum atomic E-state index is -0.614. The largest absolute Gasteiger partial charge is 0.343 e. The third kappa shape index (κ3) is 3.67. The zero-order chi connectivity index (χ0) is 19.3. The van der Waals surface area contributed by atoms with E-state index in [1.54, 1.807) is 4.90 Å². The molecule has 1 fully saturated rings. The molecule has 0 spiro atoms. The van der Waals surface area contributed by atoms with Crippen molar-refractivity contribution < 1.29 is 9.59 Å². The van der Waals surface area contributed by atoms with Crippen LogP contribution in [0.2, 0.25) is 0 Å². The lowest BCUT2D eigenvalue weighted by molar-refractivity contribution is -0.149. The van der Waals surface area contributed by atoms with E-state index in [4.69, 9.17) is 0 Å². The molecule has 4 nitrogen and oxygen atoms in total. The normalized spacial score (nSPS) is 14.5. The number of benzene rings is 3. The summed E-state index contributed by atoms with van der Waals surface area (Å²) in [4.78, 5) is 27.1. The van der Waals surface area contributed by atoms with Crippen molar-refractivity contribution >= 4 is 11.8 Å². The summed E-state index contributed by atoms with van der Waals surface area (Å²) >= 11 is 0. The summed E-state index contributed by atoms with van der Waals surface area (Å²) in [7, 11) is 0. The van der Waals surface area contributed by atoms with Crippen LogP contribution in [-0.4, -0.2) is 23.3 Å². The van der Waals surface area contributed by atoms with Gasteiger partial charge in [-0.05, 0) is 16.7 Å². The van der Waals surface area contributed by atoms with Crippen LogP contribution in [-0.2, 0) is 9.59 Å². The predicted octanol–water partition coefficient (Wildman–Crippen LogP) is 3.87. The standard InChI is InChI=1S/C24H22N2O2/c27-21-16-17-26(21)23(20-14-8-3-9-15-20)24(28)25-22(18-10-4-1-5-11-18)19-12-6-2-7-13-19/h1-15,22-23H,16-17H2,(H,25,28). The molecule has 0 aliphatic carbocycles. The van der Waals surface area contributed by atoms with Crippen LogP contribution in [0.4, 0.5) is 0 Å². The first-order chi connectivity index (χ1) is 13.7. The summed E-state index contributed by atoms with van der Waals surface area (Å²) in [6.45, 7) is 0.604. The van der Waals surface area contributed by atoms with Crippen LogP contribution in [0, 0.1) is 0 Å². The average Bonchev–Trinajstić information content (AvgIpc) is 2.76. The minimum absolute atomic E-state index is 0.0139. The molecule has 0 saturated carbocycles. The first-order valence-electron chi connectivity index (χ1n) is 9.49. The Hall–Kier alpha value is -3.40. The fourth-order valence-electron chi connectivity index (χ4n) is 3.58. The zero-order valence-corrected chi connectivity index (χ0v) is 15.5. The van der Waals surface area contributed by atoms with E-state index >= 15 is 0 Å². The highest BCUT2D eigenvalue weighted by Crippen LogP contribution is 2.29. The fraction of sp³-hybridized carbons (Fsp3) is 0.167. The van der Waals surface area contributed by atoms with Gasteiger partial charge in [-0.1, -0.05) is 91.0 Å². The molecule has 2 amide bonds. The van der Waals surface area contributed by atoms with E-state index in [2.05, 4.69) is 5.32 Å². The van der Waals surface area contributed by atoms with Gasteiger partial charge in [0.25, 0.3) is 0 Å². The molecular weight excluding hydrogens is 348 g/mol. The van der Waals surface area contributed by atoms with Gasteiger partial charge < -0.3 is 10.2 Å². The number of hydrogen-bond acceptors (Lipinski definition) is 2. The molecule has 1 atom stereocenters. The molecular formula is C24H22N2O2. The van der Waals surface area contributed by atoms with E-state index in [9.17, 15) is 9.59 Å². The van der Waals surface area contributed by atoms with E-state index in [0.717, 1.165) is 16.7 Å². The second kappa shape index (κ2) is 8.09. The molecule has 140 valence electrons. The van der Waals surface area contributed by atoms with Crippen LogP contribution in [0.15, 0.2) is 91.0 Å². The third-order valence-electron chi connectivity index (χ3n) is 5.11. The highest BCUT2D eigenvalue weighted by atomic mass is 16.2. The molecule has 1 aliphatic rings. The summed E-state index contributed by atoms with van der Waals surface area (Å²) in [5.41, 5.74) is 2.83. The molecule has 0 radical (unpaired) electrons. The van der Waals surface area contributed by atoms with Crippen LogP contribution in [0.3, 0.4) is 0 Å². The first-order valence-corrected chi connectivity index (χ1v) is 9.49. The molecule has 1 unspecified atom stereocenters. The number of likely N-dealkylation sites (tertiary alicyclic amines) is 1. The number of β-lactam (4-membered cyclic amide) rings is 1. The van der Waals surface area contributed by atoms with Crippen molar-refractivity contribution in [2.45, 2.75) is 18.5 Å². The molecule has 4 rings (SSSR count). The lowest BCUT2D eigenvalue weighted by atomic mass is 9.96. The fourth-order valence-corrected chi connectivity index (χ4v) is 3.58. The molecule has 1 heterocycles. The summed E-state index contributed by atoms with van der Waals surface area (Å²) in [6.07, 6.45) is 0.497. The van der Waals surface area contributed by atoms with E-state index in [1.165, 1.54) is 0 Å². The van der Waals surface area contributed by atoms with Gasteiger partial charge in [0.15, 0.2) is 0 Å². The van der Waals surface area contributed by atoms with Crippen molar-refractivity contribution in [2.24, 2.45) is 0 Å². The maximum absolute atomic E-state index is 13.4. The van der Waals surface area contributed by atoms with Crippen LogP contribution < -0.4 is 5.32 Å². The maximum atomic E-state index is 13.4. The highest BCUT2D eigenvalue weighted by Gasteiger charge is 2.37. The number of hydrogen-bond donors (Lipinski definition) is 1. The second-order valence-corrected chi connectivity index (χ2v) is 6.91. The van der Waals surface area contributed by atoms with Crippen LogP contribution >= 0.6 is 0 Å². The average molecular weight is 370 g/mol. The quantitative estimate of drug-likeness (QED) is 0.670. The van der Waals surface area contributed by atoms with Crippen molar-refractivity contribution in [1.82, 2.24) is 10.2 Å². The van der Waals surface area contributed by atoms with Crippen LogP contribution in [0.5, 0.6) is 0 Å². The minimum Gasteiger partial charge on any atom is -0.343 e. The number of carbonyl (C=O) groups excluding carboxylic acids is 2. The van der Waals surface area contributed by atoms with Gasteiger partial charge in [0.2, 0.25) is 11.8 Å². The SMILES string of the molecule is O=C(NC(c1ccccc1)c1ccccc1)C(c1ccccc1)N1CCC1=O. The van der Waals surface area contributed by atoms with Gasteiger partial charge in [0.05, 0.1) is 6.04 Å². The van der Waals surface area contributed by atoms with Gasteiger partial charge in [0.1, 0.15) is 6.04 Å². The van der Waals surface area contributed by atoms with Crippen molar-refractivity contribution in [3.8, 4) is 0 Å². The summed E-state index contributed by atoms with van der Waals surface area (Å²) in [5, 5.41) is 3.19. The number of nitrogens with zero attached hydrogens (tertiary/aromatic N) is 1. The van der Waals surface area contributed by atoms with Crippen molar-refractivity contribution in [3.05, 3.63) is 108 Å². The summed E-state index contributed by atoms with van der Waals surface area (Å²) < 4.78 is 0. The predicted molar refractivity (Wildman–Crippen MR) is 108 cm³/mol. The van der Waals surface area contributed by atoms with Gasteiger partial charge >= 0.3 is 0 Å². The van der Waals surface area contributed by atoms with E-state index < -0.39 is 6.04 Å². The number of carbonyl (C=O) groups is 2. The molecule has 1 aliphatic heterocycles. The smallest absolute Gasteiger partial charge is 0.248 e. The van der Waals surface area contributed by atoms with Crippen LogP contribution in [0.25, 0.3) is 0 Å². The van der Waals surface area contributed by atoms with Gasteiger partial charge in [-0.2, -0.15) is 0 Å². The Bertz CT molecular complexity index is 903. The van der Waals surface area contributed by atoms with Crippen molar-refractivity contribution in [1.29, 1.82) is 0 Å². The Kier molecular flexibility index (Phi) is 5.20. The lowest BCUT2D eigenvalue weighted by Gasteiger charge is -2.38. The zero-order valence-electron chi connectivity index (χ0n) is 15.5. The molecule has 3 aromatic carbocycles. The molecule has 4 heteroatoms. The Labute approximate surface area is 164 Å². The second-order valence-electron chi connectivity index (χ2n) is 6.91. The van der Waals surface area contributed by atoms with Gasteiger partial charge in [0, 0.05) is 13.0 Å². The van der Waals surface area contributed by atoms with Gasteiger partial charge in [-0.15, -0.1) is 0 Å². The van der Waals surface area contributed by atoms with Gasteiger partial charge in [-0.3, -0.25) is 9.59 Å². The molecule has 0 bridgehead atoms. The summed E-state index contributed by atoms with van der Waals surface area (Å²) in [6, 6.07) is 28.4. The molecule has 1 N–H and O–H groups in total. The Balaban J connectivity index is 1.66. The van der Waals surface area contributed by atoms with Crippen molar-refractivity contribution in [3.63, 3.8) is 0 Å². The number of amides is 2. The van der Waals surface area contributed by atoms with E-state index in [0.29, 0.717) is 13.0 Å². The first kappa shape index (κ1) is 18.0. The Morgan fingerprint density at radius 3 is 1.61 bits per heavy atom. The third-order valence-corrected chi connectivity index (χ3v) is 5.11. The van der Waals surface area contributed by atoms with E-state index in [-0.39, 0.29) is 17.9 Å².